The number of nitrogen functional groups attached to an aromatic ring is 1. The molecule has 5 heteroatoms. The van der Waals surface area contributed by atoms with Crippen molar-refractivity contribution in [2.24, 2.45) is 0 Å². The lowest BCUT2D eigenvalue weighted by molar-refractivity contribution is 1.17. The van der Waals surface area contributed by atoms with Crippen molar-refractivity contribution in [2.75, 3.05) is 16.0 Å². The Morgan fingerprint density at radius 1 is 0.426 bits per heavy atom. The van der Waals surface area contributed by atoms with E-state index in [1.54, 1.807) is 0 Å². The summed E-state index contributed by atoms with van der Waals surface area (Å²) in [5.41, 5.74) is 20.0. The highest BCUT2D eigenvalue weighted by atomic mass is 32.2. The van der Waals surface area contributed by atoms with Gasteiger partial charge in [-0.3, -0.25) is 0 Å². The van der Waals surface area contributed by atoms with Crippen molar-refractivity contribution in [1.29, 1.82) is 0 Å². The Bertz CT molecular complexity index is 2300. The Kier molecular flexibility index (Phi) is 6.81. The van der Waals surface area contributed by atoms with Gasteiger partial charge in [-0.2, -0.15) is 0 Å². The number of hydrogen-bond donors (Lipinski definition) is 2. The molecule has 7 aromatic carbocycles. The molecule has 0 saturated carbocycles. The second kappa shape index (κ2) is 11.5. The van der Waals surface area contributed by atoms with E-state index < -0.39 is 0 Å². The van der Waals surface area contributed by atoms with Gasteiger partial charge in [0.2, 0.25) is 0 Å². The summed E-state index contributed by atoms with van der Waals surface area (Å²) in [5, 5.41) is 3.60. The fourth-order valence-corrected chi connectivity index (χ4v) is 8.60. The summed E-state index contributed by atoms with van der Waals surface area (Å²) < 4.78 is 0. The van der Waals surface area contributed by atoms with Crippen LogP contribution in [0.15, 0.2) is 177 Å². The largest absolute Gasteiger partial charge is 0.398 e. The maximum atomic E-state index is 6.45. The molecule has 0 saturated heterocycles. The number of benzene rings is 7. The standard InChI is InChI=1S/C42H29N3S2/c43-34-19-15-28(23-33(34)27-9-3-1-4-10-27)30-17-21-37-41(25-30)47-42-26-31(18-22-38(42)45(37)32-11-5-2-6-12-32)29-16-20-36-40(24-29)46-39-14-8-7-13-35(39)44-36/h1-26,44H,43H2. The van der Waals surface area contributed by atoms with E-state index in [4.69, 9.17) is 5.73 Å². The molecule has 0 amide bonds. The minimum absolute atomic E-state index is 0.782. The second-order valence-corrected chi connectivity index (χ2v) is 13.9. The van der Waals surface area contributed by atoms with Crippen molar-refractivity contribution >= 4 is 57.6 Å². The first kappa shape index (κ1) is 27.9. The predicted octanol–water partition coefficient (Wildman–Crippen LogP) is 12.4. The summed E-state index contributed by atoms with van der Waals surface area (Å²) in [6.45, 7) is 0. The molecule has 9 rings (SSSR count). The van der Waals surface area contributed by atoms with Crippen LogP contribution in [0, 0.1) is 0 Å². The van der Waals surface area contributed by atoms with Crippen LogP contribution in [0.5, 0.6) is 0 Å². The van der Waals surface area contributed by atoms with Crippen molar-refractivity contribution in [2.45, 2.75) is 19.6 Å². The van der Waals surface area contributed by atoms with Crippen molar-refractivity contribution < 1.29 is 0 Å². The Morgan fingerprint density at radius 2 is 0.957 bits per heavy atom. The SMILES string of the molecule is Nc1ccc(-c2ccc3c(c2)Sc2cc(-c4ccc5c(c4)Sc4ccccc4N5)ccc2N3c2ccccc2)cc1-c1ccccc1. The molecule has 2 aliphatic heterocycles. The molecule has 2 aliphatic rings. The van der Waals surface area contributed by atoms with Gasteiger partial charge in [0.05, 0.1) is 22.7 Å². The van der Waals surface area contributed by atoms with E-state index in [-0.39, 0.29) is 0 Å². The molecule has 0 bridgehead atoms. The van der Waals surface area contributed by atoms with Gasteiger partial charge in [0.25, 0.3) is 0 Å². The molecule has 7 aromatic rings. The van der Waals surface area contributed by atoms with E-state index in [9.17, 15) is 0 Å². The summed E-state index contributed by atoms with van der Waals surface area (Å²) in [7, 11) is 0. The van der Waals surface area contributed by atoms with Crippen LogP contribution in [0.2, 0.25) is 0 Å². The highest BCUT2D eigenvalue weighted by Gasteiger charge is 2.26. The van der Waals surface area contributed by atoms with Crippen LogP contribution in [-0.4, -0.2) is 0 Å². The van der Waals surface area contributed by atoms with Crippen molar-refractivity contribution in [3.63, 3.8) is 0 Å². The zero-order valence-electron chi connectivity index (χ0n) is 25.4. The molecular weight excluding hydrogens is 611 g/mol. The van der Waals surface area contributed by atoms with E-state index >= 15 is 0 Å². The topological polar surface area (TPSA) is 41.3 Å². The van der Waals surface area contributed by atoms with Crippen LogP contribution in [0.3, 0.4) is 0 Å². The molecule has 0 spiro atoms. The quantitative estimate of drug-likeness (QED) is 0.188. The molecule has 0 radical (unpaired) electrons. The average molecular weight is 640 g/mol. The number of anilines is 6. The Labute approximate surface area is 283 Å². The van der Waals surface area contributed by atoms with E-state index in [1.165, 1.54) is 47.6 Å². The molecule has 3 N–H and O–H groups in total. The lowest BCUT2D eigenvalue weighted by Gasteiger charge is -2.33. The van der Waals surface area contributed by atoms with Crippen LogP contribution < -0.4 is 16.0 Å². The summed E-state index contributed by atoms with van der Waals surface area (Å²) >= 11 is 3.66. The van der Waals surface area contributed by atoms with Gasteiger partial charge in [0.1, 0.15) is 0 Å². The summed E-state index contributed by atoms with van der Waals surface area (Å²) in [6.07, 6.45) is 0. The minimum Gasteiger partial charge on any atom is -0.398 e. The number of nitrogens with two attached hydrogens (primary N) is 1. The number of hydrogen-bond acceptors (Lipinski definition) is 5. The second-order valence-electron chi connectivity index (χ2n) is 11.7. The fourth-order valence-electron chi connectivity index (χ4n) is 6.44. The van der Waals surface area contributed by atoms with Gasteiger partial charge >= 0.3 is 0 Å². The van der Waals surface area contributed by atoms with Crippen molar-refractivity contribution in [3.8, 4) is 33.4 Å². The van der Waals surface area contributed by atoms with Crippen LogP contribution in [-0.2, 0) is 0 Å². The zero-order valence-corrected chi connectivity index (χ0v) is 27.0. The Morgan fingerprint density at radius 3 is 1.68 bits per heavy atom. The molecular formula is C42H29N3S2. The molecule has 0 aliphatic carbocycles. The average Bonchev–Trinajstić information content (AvgIpc) is 3.13. The van der Waals surface area contributed by atoms with Crippen LogP contribution >= 0.6 is 23.5 Å². The van der Waals surface area contributed by atoms with Gasteiger partial charge in [-0.1, -0.05) is 108 Å². The van der Waals surface area contributed by atoms with Crippen LogP contribution in [0.1, 0.15) is 0 Å². The van der Waals surface area contributed by atoms with Gasteiger partial charge in [-0.15, -0.1) is 0 Å². The first-order valence-corrected chi connectivity index (χ1v) is 17.3. The Balaban J connectivity index is 1.12. The molecule has 0 atom stereocenters. The van der Waals surface area contributed by atoms with E-state index in [2.05, 4.69) is 156 Å². The minimum atomic E-state index is 0.782. The Hall–Kier alpha value is -5.36. The molecule has 0 fully saturated rings. The van der Waals surface area contributed by atoms with E-state index in [0.29, 0.717) is 0 Å². The third-order valence-electron chi connectivity index (χ3n) is 8.80. The smallest absolute Gasteiger partial charge is 0.0602 e. The third-order valence-corrected chi connectivity index (χ3v) is 11.0. The zero-order chi connectivity index (χ0) is 31.3. The van der Waals surface area contributed by atoms with Gasteiger partial charge in [0.15, 0.2) is 0 Å². The highest BCUT2D eigenvalue weighted by Crippen LogP contribution is 2.53. The van der Waals surface area contributed by atoms with Crippen molar-refractivity contribution in [3.05, 3.63) is 158 Å². The lowest BCUT2D eigenvalue weighted by Crippen LogP contribution is -2.14. The molecule has 0 aromatic heterocycles. The van der Waals surface area contributed by atoms with Gasteiger partial charge < -0.3 is 16.0 Å². The third kappa shape index (κ3) is 5.05. The maximum absolute atomic E-state index is 6.45. The number of rotatable bonds is 4. The maximum Gasteiger partial charge on any atom is 0.0602 e. The molecule has 3 nitrogen and oxygen atoms in total. The normalized spacial score (nSPS) is 12.7. The van der Waals surface area contributed by atoms with Gasteiger partial charge in [-0.25, -0.2) is 0 Å². The highest BCUT2D eigenvalue weighted by molar-refractivity contribution is 8.00. The lowest BCUT2D eigenvalue weighted by atomic mass is 9.97. The first-order valence-electron chi connectivity index (χ1n) is 15.6. The van der Waals surface area contributed by atoms with Crippen molar-refractivity contribution in [1.82, 2.24) is 0 Å². The van der Waals surface area contributed by atoms with E-state index in [0.717, 1.165) is 39.4 Å². The number of para-hydroxylation sites is 2. The van der Waals surface area contributed by atoms with Gasteiger partial charge in [-0.05, 0) is 101 Å². The number of nitrogens with one attached hydrogen (secondary N) is 1. The molecule has 224 valence electrons. The number of nitrogens with zero attached hydrogens (tertiary/aromatic N) is 1. The van der Waals surface area contributed by atoms with Crippen LogP contribution in [0.4, 0.5) is 34.1 Å². The molecule has 2 heterocycles. The van der Waals surface area contributed by atoms with Gasteiger partial charge in [0, 0.05) is 36.5 Å². The molecule has 47 heavy (non-hydrogen) atoms. The van der Waals surface area contributed by atoms with Crippen LogP contribution in [0.25, 0.3) is 33.4 Å². The summed E-state index contributed by atoms with van der Waals surface area (Å²) in [4.78, 5) is 7.33. The fraction of sp³-hybridized carbons (Fsp3) is 0. The number of fused-ring (bicyclic) bond motifs is 4. The predicted molar refractivity (Wildman–Crippen MR) is 200 cm³/mol. The van der Waals surface area contributed by atoms with E-state index in [1.807, 2.05) is 35.7 Å². The summed E-state index contributed by atoms with van der Waals surface area (Å²) in [6, 6.07) is 56.3. The summed E-state index contributed by atoms with van der Waals surface area (Å²) in [5.74, 6) is 0. The monoisotopic (exact) mass is 639 g/mol. The molecule has 0 unspecified atom stereocenters. The first-order chi connectivity index (χ1) is 23.2.